The number of ether oxygens (including phenoxy) is 2. The quantitative estimate of drug-likeness (QED) is 0.588. The number of hydrogen-bond acceptors (Lipinski definition) is 6. The highest BCUT2D eigenvalue weighted by Gasteiger charge is 2.36. The van der Waals surface area contributed by atoms with Crippen LogP contribution in [0.5, 0.6) is 5.75 Å². The van der Waals surface area contributed by atoms with Crippen LogP contribution in [0.25, 0.3) is 0 Å². The van der Waals surface area contributed by atoms with Crippen LogP contribution in [0.3, 0.4) is 0 Å². The number of pyridine rings is 1. The minimum absolute atomic E-state index is 0.00714. The minimum Gasteiger partial charge on any atom is -0.478 e. The number of halogens is 2. The van der Waals surface area contributed by atoms with Crippen LogP contribution < -0.4 is 10.1 Å². The lowest BCUT2D eigenvalue weighted by molar-refractivity contribution is -0.134. The largest absolute Gasteiger partial charge is 0.478 e. The SMILES string of the molecule is O=C(O)c1ccc(NC(=O)C(CC2CCOCC2)N2CC(Oc3c(F)cccc3F)=CC2=O)nc1. The highest BCUT2D eigenvalue weighted by Crippen LogP contribution is 2.29. The number of para-hydroxylation sites is 1. The van der Waals surface area contributed by atoms with E-state index in [0.29, 0.717) is 32.5 Å². The Bertz CT molecular complexity index is 1130. The first kappa shape index (κ1) is 24.3. The molecule has 1 aromatic carbocycles. The zero-order chi connectivity index (χ0) is 24.9. The maximum absolute atomic E-state index is 14.0. The van der Waals surface area contributed by atoms with Gasteiger partial charge in [0, 0.05) is 25.5 Å². The third kappa shape index (κ3) is 5.80. The Balaban J connectivity index is 1.51. The number of carbonyl (C=O) groups excluding carboxylic acids is 2. The Labute approximate surface area is 199 Å². The first-order valence-electron chi connectivity index (χ1n) is 11.0. The second kappa shape index (κ2) is 10.6. The van der Waals surface area contributed by atoms with Crippen molar-refractivity contribution in [1.82, 2.24) is 9.88 Å². The van der Waals surface area contributed by atoms with Crippen LogP contribution in [0, 0.1) is 17.6 Å². The number of rotatable bonds is 8. The molecule has 0 aliphatic carbocycles. The molecule has 2 aliphatic heterocycles. The number of anilines is 1. The Hall–Kier alpha value is -3.86. The molecule has 0 radical (unpaired) electrons. The fourth-order valence-electron chi connectivity index (χ4n) is 4.03. The number of carboxylic acids is 1. The topological polar surface area (TPSA) is 118 Å². The predicted octanol–water partition coefficient (Wildman–Crippen LogP) is 2.99. The van der Waals surface area contributed by atoms with Crippen molar-refractivity contribution in [2.75, 3.05) is 25.1 Å². The van der Waals surface area contributed by atoms with E-state index in [2.05, 4.69) is 10.3 Å². The predicted molar refractivity (Wildman–Crippen MR) is 119 cm³/mol. The molecule has 0 saturated carbocycles. The van der Waals surface area contributed by atoms with E-state index in [9.17, 15) is 23.2 Å². The van der Waals surface area contributed by atoms with Crippen LogP contribution in [0.1, 0.15) is 29.6 Å². The van der Waals surface area contributed by atoms with E-state index in [-0.39, 0.29) is 29.6 Å². The van der Waals surface area contributed by atoms with E-state index in [1.165, 1.54) is 23.1 Å². The van der Waals surface area contributed by atoms with Gasteiger partial charge in [-0.3, -0.25) is 9.59 Å². The summed E-state index contributed by atoms with van der Waals surface area (Å²) in [7, 11) is 0. The Morgan fingerprint density at radius 2 is 1.91 bits per heavy atom. The van der Waals surface area contributed by atoms with Crippen molar-refractivity contribution < 1.29 is 37.7 Å². The molecule has 2 N–H and O–H groups in total. The van der Waals surface area contributed by atoms with E-state index in [1.54, 1.807) is 0 Å². The summed E-state index contributed by atoms with van der Waals surface area (Å²) in [5.41, 5.74) is -0.0390. The van der Waals surface area contributed by atoms with E-state index in [1.807, 2.05) is 0 Å². The van der Waals surface area contributed by atoms with Gasteiger partial charge in [-0.15, -0.1) is 0 Å². The molecule has 4 rings (SSSR count). The number of carboxylic acid groups (broad SMARTS) is 1. The van der Waals surface area contributed by atoms with Crippen molar-refractivity contribution in [2.24, 2.45) is 5.92 Å². The molecule has 2 aromatic rings. The number of aromatic nitrogens is 1. The van der Waals surface area contributed by atoms with Crippen LogP contribution in [0.15, 0.2) is 48.4 Å². The van der Waals surface area contributed by atoms with Crippen LogP contribution >= 0.6 is 0 Å². The standard InChI is InChI=1S/C24H23F2N3O6/c25-17-2-1-3-18(26)22(17)35-16-11-21(30)29(13-16)19(10-14-6-8-34-9-7-14)23(31)28-20-5-4-15(12-27-20)24(32)33/h1-5,11-12,14,19H,6-10,13H2,(H,32,33)(H,27,28,31). The number of aromatic carboxylic acids is 1. The zero-order valence-corrected chi connectivity index (χ0v) is 18.6. The van der Waals surface area contributed by atoms with Crippen LogP contribution in [-0.4, -0.2) is 58.6 Å². The molecule has 0 bridgehead atoms. The molecule has 11 heteroatoms. The third-order valence-electron chi connectivity index (χ3n) is 5.88. The van der Waals surface area contributed by atoms with Crippen molar-refractivity contribution >= 4 is 23.6 Å². The molecule has 1 atom stereocenters. The molecule has 35 heavy (non-hydrogen) atoms. The minimum atomic E-state index is -1.15. The molecule has 2 amide bonds. The van der Waals surface area contributed by atoms with Gasteiger partial charge in [0.1, 0.15) is 17.6 Å². The maximum atomic E-state index is 14.0. The number of amides is 2. The molecule has 2 aliphatic rings. The number of benzene rings is 1. The van der Waals surface area contributed by atoms with Crippen molar-refractivity contribution in [2.45, 2.75) is 25.3 Å². The number of nitrogens with one attached hydrogen (secondary N) is 1. The molecular formula is C24H23F2N3O6. The zero-order valence-electron chi connectivity index (χ0n) is 18.6. The first-order valence-corrected chi connectivity index (χ1v) is 11.0. The van der Waals surface area contributed by atoms with Gasteiger partial charge in [-0.05, 0) is 49.4 Å². The molecule has 9 nitrogen and oxygen atoms in total. The summed E-state index contributed by atoms with van der Waals surface area (Å²) in [6.07, 6.45) is 3.99. The van der Waals surface area contributed by atoms with Crippen molar-refractivity contribution in [3.05, 3.63) is 65.6 Å². The summed E-state index contributed by atoms with van der Waals surface area (Å²) < 4.78 is 38.7. The molecule has 184 valence electrons. The summed E-state index contributed by atoms with van der Waals surface area (Å²) in [5.74, 6) is -4.40. The second-order valence-corrected chi connectivity index (χ2v) is 8.26. The van der Waals surface area contributed by atoms with Gasteiger partial charge in [-0.1, -0.05) is 6.07 Å². The normalized spacial score (nSPS) is 17.1. The maximum Gasteiger partial charge on any atom is 0.337 e. The van der Waals surface area contributed by atoms with Gasteiger partial charge in [0.2, 0.25) is 5.91 Å². The van der Waals surface area contributed by atoms with Crippen molar-refractivity contribution in [1.29, 1.82) is 0 Å². The second-order valence-electron chi connectivity index (χ2n) is 8.26. The van der Waals surface area contributed by atoms with Gasteiger partial charge in [0.25, 0.3) is 5.91 Å². The monoisotopic (exact) mass is 487 g/mol. The van der Waals surface area contributed by atoms with E-state index in [4.69, 9.17) is 14.6 Å². The first-order chi connectivity index (χ1) is 16.8. The summed E-state index contributed by atoms with van der Waals surface area (Å²) >= 11 is 0. The van der Waals surface area contributed by atoms with E-state index in [0.717, 1.165) is 24.4 Å². The summed E-state index contributed by atoms with van der Waals surface area (Å²) in [4.78, 5) is 42.3. The van der Waals surface area contributed by atoms with Gasteiger partial charge in [0.15, 0.2) is 17.4 Å². The molecular weight excluding hydrogens is 464 g/mol. The van der Waals surface area contributed by atoms with Gasteiger partial charge < -0.3 is 24.8 Å². The van der Waals surface area contributed by atoms with Crippen molar-refractivity contribution in [3.8, 4) is 5.75 Å². The fraction of sp³-hybridized carbons (Fsp3) is 0.333. The van der Waals surface area contributed by atoms with Crippen molar-refractivity contribution in [3.63, 3.8) is 0 Å². The number of hydrogen-bond donors (Lipinski definition) is 2. The lowest BCUT2D eigenvalue weighted by atomic mass is 9.91. The summed E-state index contributed by atoms with van der Waals surface area (Å²) in [6.45, 7) is 0.938. The van der Waals surface area contributed by atoms with Gasteiger partial charge in [0.05, 0.1) is 12.1 Å². The van der Waals surface area contributed by atoms with Crippen LogP contribution in [0.2, 0.25) is 0 Å². The molecule has 0 spiro atoms. The fourth-order valence-corrected chi connectivity index (χ4v) is 4.03. The molecule has 1 aromatic heterocycles. The average Bonchev–Trinajstić information content (AvgIpc) is 3.20. The Morgan fingerprint density at radius 1 is 1.20 bits per heavy atom. The van der Waals surface area contributed by atoms with Gasteiger partial charge in [-0.25, -0.2) is 18.6 Å². The van der Waals surface area contributed by atoms with Gasteiger partial charge in [-0.2, -0.15) is 0 Å². The lowest BCUT2D eigenvalue weighted by Gasteiger charge is -2.31. The highest BCUT2D eigenvalue weighted by molar-refractivity contribution is 6.00. The molecule has 1 unspecified atom stereocenters. The highest BCUT2D eigenvalue weighted by atomic mass is 19.1. The van der Waals surface area contributed by atoms with E-state index >= 15 is 0 Å². The smallest absolute Gasteiger partial charge is 0.337 e. The molecule has 1 fully saturated rings. The lowest BCUT2D eigenvalue weighted by Crippen LogP contribution is -2.47. The van der Waals surface area contributed by atoms with Crippen LogP contribution in [0.4, 0.5) is 14.6 Å². The summed E-state index contributed by atoms with van der Waals surface area (Å²) in [5, 5.41) is 11.6. The Morgan fingerprint density at radius 3 is 2.54 bits per heavy atom. The third-order valence-corrected chi connectivity index (χ3v) is 5.88. The van der Waals surface area contributed by atoms with E-state index < -0.39 is 41.2 Å². The molecule has 1 saturated heterocycles. The average molecular weight is 487 g/mol. The molecule has 3 heterocycles. The van der Waals surface area contributed by atoms with Crippen LogP contribution in [-0.2, 0) is 14.3 Å². The number of carbonyl (C=O) groups is 3. The summed E-state index contributed by atoms with van der Waals surface area (Å²) in [6, 6.07) is 5.01. The number of nitrogens with zero attached hydrogens (tertiary/aromatic N) is 2. The Kier molecular flexibility index (Phi) is 7.35. The van der Waals surface area contributed by atoms with Gasteiger partial charge >= 0.3 is 5.97 Å².